The van der Waals surface area contributed by atoms with E-state index < -0.39 is 41.0 Å². The van der Waals surface area contributed by atoms with Crippen LogP contribution in [0.5, 0.6) is 0 Å². The minimum Gasteiger partial charge on any atom is -0.461 e. The number of nitriles is 2. The summed E-state index contributed by atoms with van der Waals surface area (Å²) in [6, 6.07) is 21.5. The zero-order valence-electron chi connectivity index (χ0n) is 42.4. The van der Waals surface area contributed by atoms with Crippen LogP contribution in [0, 0.1) is 22.7 Å². The van der Waals surface area contributed by atoms with Gasteiger partial charge in [-0.1, -0.05) is 24.3 Å². The molecule has 4 fully saturated rings. The van der Waals surface area contributed by atoms with E-state index in [0.717, 1.165) is 24.0 Å². The average Bonchev–Trinajstić information content (AvgIpc) is 4.15. The van der Waals surface area contributed by atoms with Gasteiger partial charge in [0.15, 0.2) is 31.1 Å². The number of fused-ring (bicyclic) bond motifs is 2. The number of aromatic nitrogens is 6. The molecule has 0 radical (unpaired) electrons. The Bertz CT molecular complexity index is 3490. The Morgan fingerprint density at radius 2 is 1.11 bits per heavy atom. The minimum atomic E-state index is -3.24. The number of carbonyl (C=O) groups is 2. The maximum Gasteiger partial charge on any atom is 0.359 e. The van der Waals surface area contributed by atoms with Crippen LogP contribution >= 0.6 is 12.4 Å². The molecule has 19 nitrogen and oxygen atoms in total. The summed E-state index contributed by atoms with van der Waals surface area (Å²) in [6.07, 6.45) is 8.32. The highest BCUT2D eigenvalue weighted by Crippen LogP contribution is 2.52. The Kier molecular flexibility index (Phi) is 17.9. The number of ether oxygens (including phenoxy) is 1. The average molecular weight is 1090 g/mol. The fourth-order valence-electron chi connectivity index (χ4n) is 8.51. The van der Waals surface area contributed by atoms with Crippen LogP contribution in [0.15, 0.2) is 82.6 Å². The van der Waals surface area contributed by atoms with Crippen molar-refractivity contribution in [3.8, 4) is 12.1 Å². The summed E-state index contributed by atoms with van der Waals surface area (Å²) in [6.45, 7) is 2.99. The Labute approximate surface area is 440 Å². The van der Waals surface area contributed by atoms with Crippen LogP contribution in [0.2, 0.25) is 17.4 Å². The van der Waals surface area contributed by atoms with E-state index in [1.54, 1.807) is 81.9 Å². The van der Waals surface area contributed by atoms with Crippen molar-refractivity contribution in [2.45, 2.75) is 122 Å². The first-order chi connectivity index (χ1) is 34.7. The summed E-state index contributed by atoms with van der Waals surface area (Å²) < 4.78 is 60.0. The number of esters is 1. The van der Waals surface area contributed by atoms with Gasteiger partial charge in [-0.15, -0.1) is 29.8 Å². The molecular weight excluding hydrogens is 1020 g/mol. The number of sulfone groups is 2. The van der Waals surface area contributed by atoms with Crippen molar-refractivity contribution in [2.24, 2.45) is 19.8 Å². The van der Waals surface area contributed by atoms with Crippen LogP contribution in [-0.4, -0.2) is 98.2 Å². The maximum atomic E-state index is 13.2. The predicted molar refractivity (Wildman–Crippen MR) is 286 cm³/mol. The lowest BCUT2D eigenvalue weighted by Crippen LogP contribution is -2.35. The fourth-order valence-corrected chi connectivity index (χ4v) is 13.4. The van der Waals surface area contributed by atoms with Crippen molar-refractivity contribution < 1.29 is 31.2 Å². The standard InChI is InChI=1S/C23H23N5O4S.C17H21N3O5S.C8H8N2.3CH3.Al.ClH/c1-27-20-18(19(26-27)21(29)25-13-16-4-2-15(12-24)3-5-16)8-11-28(22(20)30)14-23(9-10-23)33(31,32)17-6-7-17;1-3-25-16(22)13-12-6-9-20(15(21)14(12)19(2)18-13)10-17(7-8-17)26(23,24)11-4-5-11;9-5-7-1-2-8(6-10)4-3-7;;;;;/h2-5,8,11,17H,6-7,9-10,13-14H2,1H3,(H,25,29);6,9,11H,3-5,7-8,10H2,1-2H3;1-4H,5,9H2;3*1H3;;1H. The molecule has 4 aromatic heterocycles. The van der Waals surface area contributed by atoms with E-state index in [2.05, 4.69) is 32.9 Å². The minimum absolute atomic E-state index is 0. The monoisotopic (exact) mass is 1080 g/mol. The lowest BCUT2D eigenvalue weighted by Gasteiger charge is -2.17. The third-order valence-corrected chi connectivity index (χ3v) is 19.3. The summed E-state index contributed by atoms with van der Waals surface area (Å²) in [5.41, 5.74) is 8.53. The van der Waals surface area contributed by atoms with Crippen molar-refractivity contribution in [1.29, 1.82) is 10.5 Å². The van der Waals surface area contributed by atoms with Crippen LogP contribution < -0.4 is 22.2 Å². The quantitative estimate of drug-likeness (QED) is 0.101. The number of hydrogen-bond acceptors (Lipinski definition) is 14. The molecule has 4 saturated carbocycles. The van der Waals surface area contributed by atoms with Gasteiger partial charge >= 0.3 is 5.97 Å². The van der Waals surface area contributed by atoms with E-state index in [0.29, 0.717) is 67.0 Å². The van der Waals surface area contributed by atoms with Crippen LogP contribution in [-0.2, 0) is 64.7 Å². The second kappa shape index (κ2) is 23.2. The Morgan fingerprint density at radius 3 is 1.47 bits per heavy atom. The number of carbonyl (C=O) groups excluding carboxylic acids is 2. The Hall–Kier alpha value is -6.12. The van der Waals surface area contributed by atoms with Crippen molar-refractivity contribution in [2.75, 3.05) is 6.61 Å². The second-order valence-corrected chi connectivity index (χ2v) is 28.5. The zero-order chi connectivity index (χ0) is 53.0. The third kappa shape index (κ3) is 12.3. The summed E-state index contributed by atoms with van der Waals surface area (Å²) in [5.74, 6) is 5.92. The van der Waals surface area contributed by atoms with Crippen LogP contribution in [0.25, 0.3) is 21.8 Å². The highest BCUT2D eigenvalue weighted by atomic mass is 35.5. The first-order valence-corrected chi connectivity index (χ1v) is 30.9. The lowest BCUT2D eigenvalue weighted by molar-refractivity contribution is 0.0520. The molecular formula is C51H62AlClN10O9S2. The Balaban J connectivity index is 0.000000193. The molecule has 0 spiro atoms. The predicted octanol–water partition coefficient (Wildman–Crippen LogP) is 5.48. The first-order valence-electron chi connectivity index (χ1n) is 24.4. The number of nitrogens with one attached hydrogen (secondary N) is 1. The van der Waals surface area contributed by atoms with Gasteiger partial charge in [0.05, 0.1) is 49.9 Å². The van der Waals surface area contributed by atoms with Crippen molar-refractivity contribution in [3.63, 3.8) is 0 Å². The summed E-state index contributed by atoms with van der Waals surface area (Å²) in [5, 5.41) is 28.8. The summed E-state index contributed by atoms with van der Waals surface area (Å²) in [4.78, 5) is 50.9. The first kappa shape index (κ1) is 57.2. The van der Waals surface area contributed by atoms with Gasteiger partial charge in [-0.2, -0.15) is 20.7 Å². The molecule has 10 rings (SSSR count). The molecule has 0 aliphatic heterocycles. The molecule has 0 atom stereocenters. The fraction of sp³-hybridized carbons (Fsp3) is 0.451. The number of nitrogens with two attached hydrogens (primary N) is 1. The molecule has 23 heteroatoms. The molecule has 0 saturated heterocycles. The summed E-state index contributed by atoms with van der Waals surface area (Å²) >= 11 is -0.139. The van der Waals surface area contributed by atoms with Crippen molar-refractivity contribution in [3.05, 3.63) is 127 Å². The van der Waals surface area contributed by atoms with E-state index in [1.165, 1.54) is 18.5 Å². The molecule has 6 aromatic rings. The number of amides is 1. The lowest BCUT2D eigenvalue weighted by atomic mass is 10.1. The van der Waals surface area contributed by atoms with Gasteiger partial charge in [0.25, 0.3) is 31.2 Å². The number of benzene rings is 2. The molecule has 4 aliphatic carbocycles. The number of halogens is 1. The SMILES string of the molecule is CCOC(=O)c1nn(C)c2c(=O)n(CC3(S(=O)(=O)C4CC4)CC3)ccc12.Cl.Cn1nc(C(=O)NCc2ccc(C#N)cc2)c2ccn(CC3(S(=O)(=O)C4CC4)CC3)c(=O)c21.N#Cc1ccc(CN)cc1.[CH3][Al]([CH3])[CH3]. The van der Waals surface area contributed by atoms with Gasteiger partial charge in [-0.05, 0) is 106 Å². The van der Waals surface area contributed by atoms with Crippen molar-refractivity contribution >= 4 is 79.9 Å². The number of nitrogens with zero attached hydrogens (tertiary/aromatic N) is 8. The molecule has 1 amide bonds. The van der Waals surface area contributed by atoms with Crippen LogP contribution in [0.4, 0.5) is 0 Å². The van der Waals surface area contributed by atoms with Gasteiger partial charge < -0.3 is 24.9 Å². The number of rotatable bonds is 14. The maximum absolute atomic E-state index is 13.2. The molecule has 392 valence electrons. The second-order valence-electron chi connectivity index (χ2n) is 19.8. The normalized spacial score (nSPS) is 15.7. The van der Waals surface area contributed by atoms with Gasteiger partial charge in [0, 0.05) is 63.4 Å². The van der Waals surface area contributed by atoms with Gasteiger partial charge in [0.2, 0.25) is 0 Å². The molecule has 4 aliphatic rings. The van der Waals surface area contributed by atoms with E-state index in [4.69, 9.17) is 21.0 Å². The van der Waals surface area contributed by atoms with Gasteiger partial charge in [-0.3, -0.25) is 23.7 Å². The molecule has 4 heterocycles. The van der Waals surface area contributed by atoms with E-state index in [-0.39, 0.29) is 96.8 Å². The molecule has 0 bridgehead atoms. The molecule has 2 aromatic carbocycles. The van der Waals surface area contributed by atoms with Crippen LogP contribution in [0.1, 0.15) is 102 Å². The number of aryl methyl sites for hydroxylation is 2. The number of pyridine rings is 2. The molecule has 3 N–H and O–H groups in total. The Morgan fingerprint density at radius 1 is 0.716 bits per heavy atom. The highest BCUT2D eigenvalue weighted by Gasteiger charge is 2.60. The zero-order valence-corrected chi connectivity index (χ0v) is 46.0. The largest absolute Gasteiger partial charge is 0.461 e. The van der Waals surface area contributed by atoms with Gasteiger partial charge in [0.1, 0.15) is 11.0 Å². The smallest absolute Gasteiger partial charge is 0.359 e. The van der Waals surface area contributed by atoms with E-state index >= 15 is 0 Å². The molecule has 74 heavy (non-hydrogen) atoms. The van der Waals surface area contributed by atoms with Crippen LogP contribution in [0.3, 0.4) is 0 Å². The third-order valence-electron chi connectivity index (χ3n) is 13.1. The highest BCUT2D eigenvalue weighted by molar-refractivity contribution is 7.94. The van der Waals surface area contributed by atoms with Crippen molar-refractivity contribution in [1.82, 2.24) is 34.0 Å². The summed E-state index contributed by atoms with van der Waals surface area (Å²) in [7, 11) is -3.26. The van der Waals surface area contributed by atoms with E-state index in [9.17, 15) is 36.0 Å². The number of hydrogen-bond donors (Lipinski definition) is 2. The van der Waals surface area contributed by atoms with Gasteiger partial charge in [-0.25, -0.2) is 21.6 Å². The topological polar surface area (TPSA) is 277 Å². The molecule has 0 unspecified atom stereocenters. The van der Waals surface area contributed by atoms with E-state index in [1.807, 2.05) is 24.3 Å².